The van der Waals surface area contributed by atoms with Crippen molar-refractivity contribution in [1.29, 1.82) is 0 Å². The molecule has 0 saturated carbocycles. The lowest BCUT2D eigenvalue weighted by molar-refractivity contribution is -0.182. The first-order valence-electron chi connectivity index (χ1n) is 11.3. The van der Waals surface area contributed by atoms with Crippen LogP contribution >= 0.6 is 0 Å². The predicted octanol–water partition coefficient (Wildman–Crippen LogP) is 8.30. The van der Waals surface area contributed by atoms with E-state index in [0.717, 1.165) is 0 Å². The van der Waals surface area contributed by atoms with Gasteiger partial charge in [-0.1, -0.05) is 51.4 Å². The van der Waals surface area contributed by atoms with E-state index in [4.69, 9.17) is 0 Å². The number of halogens is 12. The van der Waals surface area contributed by atoms with Crippen molar-refractivity contribution >= 4 is 31.6 Å². The molecule has 0 aliphatic rings. The minimum absolute atomic E-state index is 0.00262. The first-order valence-corrected chi connectivity index (χ1v) is 14.8. The van der Waals surface area contributed by atoms with Gasteiger partial charge in [0.25, 0.3) is 0 Å². The number of ether oxygens (including phenoxy) is 2. The molecule has 0 amide bonds. The Morgan fingerprint density at radius 2 is 1.00 bits per heavy atom. The maximum atomic E-state index is 12.2. The summed E-state index contributed by atoms with van der Waals surface area (Å²) in [5, 5.41) is 0. The molecule has 0 radical (unpaired) electrons. The first kappa shape index (κ1) is 46.8. The SMILES string of the molecule is C=CCC(C)(CC=C)C(=O)C(F)(F)F.C=CCOC(=O)OC.C[Si](C)(C)C(F)(F)F.O=C(CC(=O)C(F)(F)F)C(F)(F)F. The number of methoxy groups -OCH3 is 1. The summed E-state index contributed by atoms with van der Waals surface area (Å²) < 4.78 is 148. The van der Waals surface area contributed by atoms with E-state index < -0.39 is 67.7 Å². The summed E-state index contributed by atoms with van der Waals surface area (Å²) in [6, 6.07) is 0. The molecule has 0 aromatic carbocycles. The van der Waals surface area contributed by atoms with Gasteiger partial charge in [-0.2, -0.15) is 52.7 Å². The number of carbonyl (C=O) groups excluding carboxylic acids is 4. The molecule has 0 heterocycles. The fourth-order valence-electron chi connectivity index (χ4n) is 1.78. The van der Waals surface area contributed by atoms with Crippen LogP contribution in [0.3, 0.4) is 0 Å². The second kappa shape index (κ2) is 19.2. The Morgan fingerprint density at radius 1 is 0.674 bits per heavy atom. The second-order valence-electron chi connectivity index (χ2n) is 9.19. The van der Waals surface area contributed by atoms with E-state index in [-0.39, 0.29) is 19.4 Å². The molecule has 0 unspecified atom stereocenters. The molecule has 0 bridgehead atoms. The average Bonchev–Trinajstić information content (AvgIpc) is 2.80. The molecule has 0 aliphatic heterocycles. The predicted molar refractivity (Wildman–Crippen MR) is 133 cm³/mol. The van der Waals surface area contributed by atoms with Crippen molar-refractivity contribution in [2.24, 2.45) is 5.41 Å². The number of allylic oxidation sites excluding steroid dienone is 2. The van der Waals surface area contributed by atoms with Crippen molar-refractivity contribution in [3.8, 4) is 0 Å². The molecule has 252 valence electrons. The molecule has 0 atom stereocenters. The molecule has 0 aromatic rings. The van der Waals surface area contributed by atoms with Gasteiger partial charge in [-0.15, -0.1) is 13.2 Å². The van der Waals surface area contributed by atoms with Crippen LogP contribution in [0.4, 0.5) is 57.5 Å². The van der Waals surface area contributed by atoms with Gasteiger partial charge < -0.3 is 9.47 Å². The molecular weight excluding hydrogens is 640 g/mol. The lowest BCUT2D eigenvalue weighted by Crippen LogP contribution is -2.40. The monoisotopic (exact) mass is 672 g/mol. The van der Waals surface area contributed by atoms with Crippen LogP contribution in [0.15, 0.2) is 38.0 Å². The minimum atomic E-state index is -5.40. The summed E-state index contributed by atoms with van der Waals surface area (Å²) in [6.45, 7) is 15.3. The molecule has 6 nitrogen and oxygen atoms in total. The Labute approximate surface area is 240 Å². The van der Waals surface area contributed by atoms with Crippen molar-refractivity contribution in [3.05, 3.63) is 38.0 Å². The number of Topliss-reactive ketones (excluding diaryl/α,β-unsaturated/α-hetero) is 3. The van der Waals surface area contributed by atoms with Gasteiger partial charge in [-0.25, -0.2) is 4.79 Å². The van der Waals surface area contributed by atoms with Crippen molar-refractivity contribution < 1.29 is 81.3 Å². The summed E-state index contributed by atoms with van der Waals surface area (Å²) in [5.41, 5.74) is -1.46. The average molecular weight is 673 g/mol. The van der Waals surface area contributed by atoms with Crippen LogP contribution in [0.1, 0.15) is 26.2 Å². The number of rotatable bonds is 9. The van der Waals surface area contributed by atoms with Gasteiger partial charge in [0.15, 0.2) is 8.07 Å². The highest BCUT2D eigenvalue weighted by Gasteiger charge is 2.49. The highest BCUT2D eigenvalue weighted by molar-refractivity contribution is 6.77. The molecule has 43 heavy (non-hydrogen) atoms. The van der Waals surface area contributed by atoms with E-state index in [1.165, 1.54) is 51.9 Å². The number of alkyl halides is 12. The van der Waals surface area contributed by atoms with Crippen LogP contribution in [-0.2, 0) is 23.9 Å². The van der Waals surface area contributed by atoms with E-state index >= 15 is 0 Å². The Hall–Kier alpha value is -3.12. The smallest absolute Gasteiger partial charge is 0.438 e. The van der Waals surface area contributed by atoms with Gasteiger partial charge in [-0.05, 0) is 12.8 Å². The number of hydrogen-bond acceptors (Lipinski definition) is 6. The zero-order valence-electron chi connectivity index (χ0n) is 23.7. The Morgan fingerprint density at radius 3 is 1.19 bits per heavy atom. The lowest BCUT2D eigenvalue weighted by Gasteiger charge is -2.26. The van der Waals surface area contributed by atoms with Gasteiger partial charge in [-0.3, -0.25) is 14.4 Å². The van der Waals surface area contributed by atoms with Gasteiger partial charge >= 0.3 is 30.5 Å². The number of ketones is 3. The highest BCUT2D eigenvalue weighted by atomic mass is 28.3. The third-order valence-corrected chi connectivity index (χ3v) is 5.99. The van der Waals surface area contributed by atoms with E-state index in [0.29, 0.717) is 0 Å². The van der Waals surface area contributed by atoms with Crippen molar-refractivity contribution in [3.63, 3.8) is 0 Å². The van der Waals surface area contributed by atoms with Gasteiger partial charge in [0.1, 0.15) is 6.61 Å². The maximum Gasteiger partial charge on any atom is 0.508 e. The van der Waals surface area contributed by atoms with E-state index in [9.17, 15) is 71.9 Å². The minimum Gasteiger partial charge on any atom is -0.438 e. The molecule has 0 N–H and O–H groups in total. The van der Waals surface area contributed by atoms with Crippen molar-refractivity contribution in [2.45, 2.75) is 70.2 Å². The van der Waals surface area contributed by atoms with E-state index in [2.05, 4.69) is 29.2 Å². The normalized spacial score (nSPS) is 11.9. The molecule has 0 rings (SSSR count). The molecular formula is C24H32F12O6Si. The lowest BCUT2D eigenvalue weighted by atomic mass is 9.79. The van der Waals surface area contributed by atoms with Gasteiger partial charge in [0.2, 0.25) is 17.3 Å². The van der Waals surface area contributed by atoms with Crippen LogP contribution < -0.4 is 0 Å². The quantitative estimate of drug-likeness (QED) is 0.0806. The van der Waals surface area contributed by atoms with Gasteiger partial charge in [0.05, 0.1) is 13.5 Å². The van der Waals surface area contributed by atoms with E-state index in [1.807, 2.05) is 0 Å². The largest absolute Gasteiger partial charge is 0.508 e. The number of hydrogen-bond donors (Lipinski definition) is 0. The summed E-state index contributed by atoms with van der Waals surface area (Å²) in [4.78, 5) is 40.9. The third kappa shape index (κ3) is 23.1. The fourth-order valence-corrected chi connectivity index (χ4v) is 1.78. The van der Waals surface area contributed by atoms with Crippen molar-refractivity contribution in [1.82, 2.24) is 0 Å². The molecule has 0 aliphatic carbocycles. The molecule has 0 fully saturated rings. The van der Waals surface area contributed by atoms with Crippen LogP contribution in [0, 0.1) is 5.41 Å². The Bertz CT molecular complexity index is 882. The zero-order valence-corrected chi connectivity index (χ0v) is 24.7. The summed E-state index contributed by atoms with van der Waals surface area (Å²) in [5.74, 6) is -11.0. The molecule has 19 heteroatoms. The summed E-state index contributed by atoms with van der Waals surface area (Å²) in [7, 11) is -1.60. The topological polar surface area (TPSA) is 86.7 Å². The summed E-state index contributed by atoms with van der Waals surface area (Å²) >= 11 is 0. The fraction of sp³-hybridized carbons (Fsp3) is 0.583. The maximum absolute atomic E-state index is 12.2. The van der Waals surface area contributed by atoms with Crippen LogP contribution in [0.5, 0.6) is 0 Å². The molecule has 0 spiro atoms. The third-order valence-electron chi connectivity index (χ3n) is 4.28. The van der Waals surface area contributed by atoms with Gasteiger partial charge in [0, 0.05) is 5.41 Å². The van der Waals surface area contributed by atoms with E-state index in [1.54, 1.807) is 0 Å². The van der Waals surface area contributed by atoms with Crippen LogP contribution in [0.2, 0.25) is 19.6 Å². The molecule has 0 saturated heterocycles. The standard InChI is InChI=1S/C10H13F3O.C5H2F6O2.C5H8O3.C4H9F3Si/c1-4-6-9(3,7-5-2)8(14)10(11,12)13;6-4(7,8)2(12)1-3(13)5(9,10)11;1-3-4-8-5(6)7-2;1-8(2,3)4(5,6)7/h4-5H,1-2,6-7H2,3H3;1H2;3H,1,4H2,2H3;1-3H3. The zero-order chi connectivity index (χ0) is 35.7. The second-order valence-corrected chi connectivity index (χ2v) is 14.3. The first-order chi connectivity index (χ1) is 18.9. The number of carbonyl (C=O) groups is 4. The Kier molecular flexibility index (Phi) is 20.9. The Balaban J connectivity index is -0.000000243. The van der Waals surface area contributed by atoms with Crippen LogP contribution in [-0.4, -0.2) is 69.6 Å². The van der Waals surface area contributed by atoms with Crippen LogP contribution in [0.25, 0.3) is 0 Å². The highest BCUT2D eigenvalue weighted by Crippen LogP contribution is 2.35. The summed E-state index contributed by atoms with van der Waals surface area (Å²) in [6.07, 6.45) is -14.4. The van der Waals surface area contributed by atoms with Crippen molar-refractivity contribution in [2.75, 3.05) is 13.7 Å². The molecule has 0 aromatic heterocycles.